The van der Waals surface area contributed by atoms with Crippen LogP contribution < -0.4 is 5.32 Å². The van der Waals surface area contributed by atoms with Crippen molar-refractivity contribution in [3.63, 3.8) is 0 Å². The van der Waals surface area contributed by atoms with Gasteiger partial charge in [0.2, 0.25) is 11.8 Å². The number of rotatable bonds is 6. The molecule has 1 unspecified atom stereocenters. The Labute approximate surface area is 224 Å². The molecule has 0 radical (unpaired) electrons. The van der Waals surface area contributed by atoms with Gasteiger partial charge in [-0.25, -0.2) is 4.79 Å². The van der Waals surface area contributed by atoms with Crippen molar-refractivity contribution in [2.75, 3.05) is 45.8 Å². The smallest absolute Gasteiger partial charge is 0.410 e. The predicted molar refractivity (Wildman–Crippen MR) is 140 cm³/mol. The molecule has 10 nitrogen and oxygen atoms in total. The number of carbonyl (C=O) groups is 4. The van der Waals surface area contributed by atoms with E-state index in [1.54, 1.807) is 4.90 Å². The summed E-state index contributed by atoms with van der Waals surface area (Å²) in [7, 11) is 0. The molecule has 0 aromatic heterocycles. The van der Waals surface area contributed by atoms with Crippen molar-refractivity contribution in [1.82, 2.24) is 24.9 Å². The lowest BCUT2D eigenvalue weighted by molar-refractivity contribution is -0.136. The molecule has 0 saturated carbocycles. The van der Waals surface area contributed by atoms with Gasteiger partial charge in [0.05, 0.1) is 0 Å². The molecule has 4 amide bonds. The van der Waals surface area contributed by atoms with Crippen LogP contribution in [0.2, 0.25) is 0 Å². The minimum absolute atomic E-state index is 0.117. The fourth-order valence-electron chi connectivity index (χ4n) is 5.93. The molecule has 10 heteroatoms. The topological polar surface area (TPSA) is 102 Å². The second-order valence-corrected chi connectivity index (χ2v) is 11.9. The fraction of sp³-hybridized carbons (Fsp3) is 0.643. The van der Waals surface area contributed by atoms with Crippen LogP contribution in [0.4, 0.5) is 4.79 Å². The standard InChI is InChI=1S/C28H39N5O5/c1-28(2,3)38-27(37)32-14-12-31(13-15-32)20-16-30(17-20)11-5-7-19-6-4-8-21-22(19)18-33(26(21)36)23-9-10-24(34)29-25(23)35/h4,6,8,20,23H,5,7,9-18H2,1-3H3,(H,29,34,35). The van der Waals surface area contributed by atoms with Crippen molar-refractivity contribution in [2.24, 2.45) is 0 Å². The van der Waals surface area contributed by atoms with E-state index >= 15 is 0 Å². The molecule has 3 saturated heterocycles. The van der Waals surface area contributed by atoms with Crippen LogP contribution in [0.3, 0.4) is 0 Å². The third-order valence-corrected chi connectivity index (χ3v) is 8.02. The lowest BCUT2D eigenvalue weighted by Gasteiger charge is -2.48. The number of ether oxygens (including phenoxy) is 1. The maximum Gasteiger partial charge on any atom is 0.410 e. The van der Waals surface area contributed by atoms with Gasteiger partial charge in [0.15, 0.2) is 0 Å². The van der Waals surface area contributed by atoms with Crippen molar-refractivity contribution in [1.29, 1.82) is 0 Å². The van der Waals surface area contributed by atoms with E-state index in [9.17, 15) is 19.2 Å². The van der Waals surface area contributed by atoms with Gasteiger partial charge in [-0.3, -0.25) is 24.6 Å². The average Bonchev–Trinajstić information content (AvgIpc) is 3.16. The number of hydrogen-bond donors (Lipinski definition) is 1. The number of likely N-dealkylation sites (tertiary alicyclic amines) is 1. The maximum absolute atomic E-state index is 13.0. The molecule has 0 aliphatic carbocycles. The molecule has 1 atom stereocenters. The molecule has 1 N–H and O–H groups in total. The summed E-state index contributed by atoms with van der Waals surface area (Å²) < 4.78 is 5.50. The van der Waals surface area contributed by atoms with E-state index < -0.39 is 11.6 Å². The highest BCUT2D eigenvalue weighted by Gasteiger charge is 2.40. The number of amides is 4. The Bertz CT molecular complexity index is 1100. The van der Waals surface area contributed by atoms with Crippen LogP contribution in [0.15, 0.2) is 18.2 Å². The van der Waals surface area contributed by atoms with Gasteiger partial charge in [-0.15, -0.1) is 0 Å². The van der Waals surface area contributed by atoms with Crippen molar-refractivity contribution < 1.29 is 23.9 Å². The van der Waals surface area contributed by atoms with Crippen LogP contribution >= 0.6 is 0 Å². The Morgan fingerprint density at radius 2 is 1.82 bits per heavy atom. The minimum atomic E-state index is -0.579. The Hall–Kier alpha value is -2.98. The number of piperidine rings is 1. The van der Waals surface area contributed by atoms with E-state index in [1.807, 2.05) is 37.8 Å². The van der Waals surface area contributed by atoms with Gasteiger partial charge in [0, 0.05) is 63.8 Å². The van der Waals surface area contributed by atoms with Crippen molar-refractivity contribution in [3.8, 4) is 0 Å². The summed E-state index contributed by atoms with van der Waals surface area (Å²) in [5.74, 6) is -0.761. The third kappa shape index (κ3) is 5.71. The van der Waals surface area contributed by atoms with Crippen LogP contribution in [0, 0.1) is 0 Å². The van der Waals surface area contributed by atoms with E-state index in [2.05, 4.69) is 21.2 Å². The monoisotopic (exact) mass is 525 g/mol. The lowest BCUT2D eigenvalue weighted by atomic mass is 9.98. The Balaban J connectivity index is 1.06. The fourth-order valence-corrected chi connectivity index (χ4v) is 5.93. The number of benzene rings is 1. The number of nitrogens with zero attached hydrogens (tertiary/aromatic N) is 4. The van der Waals surface area contributed by atoms with Gasteiger partial charge in [-0.05, 0) is 63.8 Å². The number of fused-ring (bicyclic) bond motifs is 1. The second-order valence-electron chi connectivity index (χ2n) is 11.9. The van der Waals surface area contributed by atoms with E-state index in [-0.39, 0.29) is 30.2 Å². The van der Waals surface area contributed by atoms with Gasteiger partial charge in [0.1, 0.15) is 11.6 Å². The summed E-state index contributed by atoms with van der Waals surface area (Å²) in [5, 5.41) is 2.37. The number of nitrogens with one attached hydrogen (secondary N) is 1. The number of imide groups is 1. The van der Waals surface area contributed by atoms with Gasteiger partial charge >= 0.3 is 6.09 Å². The van der Waals surface area contributed by atoms with Crippen molar-refractivity contribution in [2.45, 2.75) is 70.7 Å². The predicted octanol–water partition coefficient (Wildman–Crippen LogP) is 1.62. The number of piperazine rings is 1. The molecule has 1 aromatic carbocycles. The zero-order valence-corrected chi connectivity index (χ0v) is 22.7. The second kappa shape index (κ2) is 10.6. The summed E-state index contributed by atoms with van der Waals surface area (Å²) in [6, 6.07) is 5.82. The SMILES string of the molecule is CC(C)(C)OC(=O)N1CCN(C2CN(CCCc3cccc4c3CN(C3CCC(=O)NC3=O)C4=O)C2)CC1. The molecule has 206 valence electrons. The highest BCUT2D eigenvalue weighted by atomic mass is 16.6. The molecular weight excluding hydrogens is 486 g/mol. The first-order valence-corrected chi connectivity index (χ1v) is 13.8. The first kappa shape index (κ1) is 26.6. The Morgan fingerprint density at radius 3 is 2.50 bits per heavy atom. The Kier molecular flexibility index (Phi) is 7.46. The molecule has 5 rings (SSSR count). The summed E-state index contributed by atoms with van der Waals surface area (Å²) in [6.07, 6.45) is 2.31. The highest BCUT2D eigenvalue weighted by molar-refractivity contribution is 6.05. The Morgan fingerprint density at radius 1 is 1.08 bits per heavy atom. The zero-order chi connectivity index (χ0) is 27.0. The van der Waals surface area contributed by atoms with Gasteiger partial charge in [-0.2, -0.15) is 0 Å². The number of aryl methyl sites for hydroxylation is 1. The van der Waals surface area contributed by atoms with Crippen LogP contribution in [-0.2, 0) is 27.3 Å². The van der Waals surface area contributed by atoms with Gasteiger partial charge < -0.3 is 19.4 Å². The number of carbonyl (C=O) groups excluding carboxylic acids is 4. The normalized spacial score (nSPS) is 23.3. The summed E-state index contributed by atoms with van der Waals surface area (Å²) in [6.45, 7) is 12.4. The third-order valence-electron chi connectivity index (χ3n) is 8.02. The zero-order valence-electron chi connectivity index (χ0n) is 22.7. The molecule has 4 aliphatic rings. The highest BCUT2D eigenvalue weighted by Crippen LogP contribution is 2.30. The van der Waals surface area contributed by atoms with Crippen LogP contribution in [-0.4, -0.2) is 107 Å². The van der Waals surface area contributed by atoms with E-state index in [4.69, 9.17) is 4.74 Å². The van der Waals surface area contributed by atoms with Crippen LogP contribution in [0.1, 0.15) is 61.5 Å². The first-order chi connectivity index (χ1) is 18.1. The first-order valence-electron chi connectivity index (χ1n) is 13.8. The van der Waals surface area contributed by atoms with Gasteiger partial charge in [-0.1, -0.05) is 12.1 Å². The molecule has 4 heterocycles. The molecule has 3 fully saturated rings. The van der Waals surface area contributed by atoms with Crippen molar-refractivity contribution in [3.05, 3.63) is 34.9 Å². The molecule has 1 aromatic rings. The molecule has 38 heavy (non-hydrogen) atoms. The molecule has 0 bridgehead atoms. The summed E-state index contributed by atoms with van der Waals surface area (Å²) >= 11 is 0. The molecular formula is C28H39N5O5. The van der Waals surface area contributed by atoms with Crippen LogP contribution in [0.25, 0.3) is 0 Å². The summed E-state index contributed by atoms with van der Waals surface area (Å²) in [4.78, 5) is 57.6. The van der Waals surface area contributed by atoms with Gasteiger partial charge in [0.25, 0.3) is 5.91 Å². The lowest BCUT2D eigenvalue weighted by Crippen LogP contribution is -2.63. The van der Waals surface area contributed by atoms with Crippen LogP contribution in [0.5, 0.6) is 0 Å². The quantitative estimate of drug-likeness (QED) is 0.563. The summed E-state index contributed by atoms with van der Waals surface area (Å²) in [5.41, 5.74) is 2.40. The maximum atomic E-state index is 13.0. The largest absolute Gasteiger partial charge is 0.444 e. The van der Waals surface area contributed by atoms with Crippen molar-refractivity contribution >= 4 is 23.8 Å². The number of hydrogen-bond acceptors (Lipinski definition) is 7. The minimum Gasteiger partial charge on any atom is -0.444 e. The average molecular weight is 526 g/mol. The molecule has 0 spiro atoms. The van der Waals surface area contributed by atoms with E-state index in [1.165, 1.54) is 5.56 Å². The molecule has 4 aliphatic heterocycles. The van der Waals surface area contributed by atoms with E-state index in [0.717, 1.165) is 51.1 Å². The van der Waals surface area contributed by atoms with E-state index in [0.29, 0.717) is 37.7 Å².